The predicted molar refractivity (Wildman–Crippen MR) is 81.0 cm³/mol. The van der Waals surface area contributed by atoms with E-state index in [1.165, 1.54) is 24.3 Å². The van der Waals surface area contributed by atoms with Gasteiger partial charge in [-0.2, -0.15) is 12.8 Å². The molecule has 0 unspecified atom stereocenters. The lowest BCUT2D eigenvalue weighted by Crippen LogP contribution is -1.98. The fraction of sp³-hybridized carbons (Fsp3) is 0. The van der Waals surface area contributed by atoms with Crippen LogP contribution in [0, 0.1) is 20.2 Å². The second kappa shape index (κ2) is 6.32. The van der Waals surface area contributed by atoms with Crippen LogP contribution in [0.5, 0.6) is 0 Å². The molecule has 0 atom stereocenters. The molecule has 0 aliphatic rings. The molecular formula is C13H9N3O6S. The van der Waals surface area contributed by atoms with Crippen LogP contribution in [0.4, 0.5) is 11.4 Å². The summed E-state index contributed by atoms with van der Waals surface area (Å²) in [6.07, 6.45) is 1.04. The van der Waals surface area contributed by atoms with Crippen molar-refractivity contribution in [3.63, 3.8) is 0 Å². The molecule has 0 saturated heterocycles. The summed E-state index contributed by atoms with van der Waals surface area (Å²) in [5.41, 5.74) is 0.00441. The Kier molecular flexibility index (Phi) is 4.46. The Labute approximate surface area is 130 Å². The van der Waals surface area contributed by atoms with Crippen molar-refractivity contribution in [2.45, 2.75) is 4.90 Å². The Hall–Kier alpha value is -3.14. The van der Waals surface area contributed by atoms with Gasteiger partial charge in [-0.25, -0.2) is 0 Å². The Morgan fingerprint density at radius 2 is 1.26 bits per heavy atom. The number of nitro benzene ring substituents is 2. The third-order valence-electron chi connectivity index (χ3n) is 2.79. The molecule has 2 rings (SSSR count). The molecule has 0 bridgehead atoms. The van der Waals surface area contributed by atoms with Gasteiger partial charge in [0.2, 0.25) is 0 Å². The van der Waals surface area contributed by atoms with Gasteiger partial charge in [0.25, 0.3) is 21.4 Å². The summed E-state index contributed by atoms with van der Waals surface area (Å²) >= 11 is 0. The average molecular weight is 335 g/mol. The summed E-state index contributed by atoms with van der Waals surface area (Å²) in [7, 11) is -4.01. The van der Waals surface area contributed by atoms with Crippen LogP contribution in [0.15, 0.2) is 57.8 Å². The second-order valence-corrected chi connectivity index (χ2v) is 5.94. The number of non-ortho nitro benzene ring substituents is 2. The normalized spacial score (nSPS) is 11.5. The molecule has 0 saturated carbocycles. The summed E-state index contributed by atoms with van der Waals surface area (Å²) in [5.74, 6) is 0. The Morgan fingerprint density at radius 1 is 0.826 bits per heavy atom. The molecule has 0 aliphatic carbocycles. The Balaban J connectivity index is 2.22. The van der Waals surface area contributed by atoms with Gasteiger partial charge in [-0.05, 0) is 29.8 Å². The fourth-order valence-corrected chi connectivity index (χ4v) is 2.48. The molecule has 0 spiro atoms. The second-order valence-electron chi connectivity index (χ2n) is 4.31. The highest BCUT2D eigenvalue weighted by molar-refractivity contribution is 7.90. The largest absolute Gasteiger partial charge is 0.282 e. The van der Waals surface area contributed by atoms with E-state index in [0.29, 0.717) is 5.56 Å². The van der Waals surface area contributed by atoms with E-state index in [2.05, 4.69) is 4.40 Å². The van der Waals surface area contributed by atoms with Crippen molar-refractivity contribution in [3.05, 3.63) is 74.3 Å². The first kappa shape index (κ1) is 16.2. The number of nitrogens with zero attached hydrogens (tertiary/aromatic N) is 3. The van der Waals surface area contributed by atoms with Gasteiger partial charge in [0.15, 0.2) is 0 Å². The van der Waals surface area contributed by atoms with Gasteiger partial charge < -0.3 is 0 Å². The molecule has 0 N–H and O–H groups in total. The number of benzene rings is 2. The fourth-order valence-electron chi connectivity index (χ4n) is 1.61. The minimum Gasteiger partial charge on any atom is -0.258 e. The van der Waals surface area contributed by atoms with Gasteiger partial charge in [0, 0.05) is 30.5 Å². The van der Waals surface area contributed by atoms with Crippen molar-refractivity contribution in [3.8, 4) is 0 Å². The van der Waals surface area contributed by atoms with Crippen LogP contribution < -0.4 is 0 Å². The molecule has 0 aromatic heterocycles. The minimum atomic E-state index is -4.01. The SMILES string of the molecule is O=[N+]([O-])c1ccc(C=NS(=O)(=O)c2ccc([N+](=O)[O-])cc2)cc1. The van der Waals surface area contributed by atoms with Crippen molar-refractivity contribution < 1.29 is 18.3 Å². The van der Waals surface area contributed by atoms with Crippen molar-refractivity contribution in [2.24, 2.45) is 4.40 Å². The van der Waals surface area contributed by atoms with E-state index in [1.807, 2.05) is 0 Å². The number of hydrogen-bond acceptors (Lipinski definition) is 6. The molecule has 0 radical (unpaired) electrons. The van der Waals surface area contributed by atoms with Gasteiger partial charge in [-0.1, -0.05) is 0 Å². The summed E-state index contributed by atoms with van der Waals surface area (Å²) in [6.45, 7) is 0. The molecule has 2 aromatic rings. The van der Waals surface area contributed by atoms with Gasteiger partial charge in [0.1, 0.15) is 0 Å². The quantitative estimate of drug-likeness (QED) is 0.467. The summed E-state index contributed by atoms with van der Waals surface area (Å²) in [6, 6.07) is 9.45. The number of nitro groups is 2. The number of rotatable bonds is 5. The van der Waals surface area contributed by atoms with Crippen LogP contribution in [0.3, 0.4) is 0 Å². The van der Waals surface area contributed by atoms with Crippen LogP contribution in [0.1, 0.15) is 5.56 Å². The van der Waals surface area contributed by atoms with E-state index in [-0.39, 0.29) is 16.3 Å². The molecule has 0 amide bonds. The topological polar surface area (TPSA) is 133 Å². The summed E-state index contributed by atoms with van der Waals surface area (Å²) in [4.78, 5) is 19.6. The molecule has 10 heteroatoms. The average Bonchev–Trinajstić information content (AvgIpc) is 2.53. The minimum absolute atomic E-state index is 0.125. The molecule has 118 valence electrons. The zero-order valence-corrected chi connectivity index (χ0v) is 12.2. The molecule has 9 nitrogen and oxygen atoms in total. The Morgan fingerprint density at radius 3 is 1.70 bits per heavy atom. The first-order valence-corrected chi connectivity index (χ1v) is 7.53. The maximum Gasteiger partial charge on any atom is 0.282 e. The molecule has 0 heterocycles. The van der Waals surface area contributed by atoms with Crippen molar-refractivity contribution in [1.29, 1.82) is 0 Å². The summed E-state index contributed by atoms with van der Waals surface area (Å²) < 4.78 is 27.4. The van der Waals surface area contributed by atoms with Crippen LogP contribution in [0.25, 0.3) is 0 Å². The maximum absolute atomic E-state index is 12.0. The van der Waals surface area contributed by atoms with Crippen LogP contribution >= 0.6 is 0 Å². The third-order valence-corrected chi connectivity index (χ3v) is 4.04. The van der Waals surface area contributed by atoms with Crippen LogP contribution in [0.2, 0.25) is 0 Å². The zero-order chi connectivity index (χ0) is 17.0. The number of hydrogen-bond donors (Lipinski definition) is 0. The maximum atomic E-state index is 12.0. The molecular weight excluding hydrogens is 326 g/mol. The van der Waals surface area contributed by atoms with E-state index in [4.69, 9.17) is 0 Å². The van der Waals surface area contributed by atoms with E-state index in [0.717, 1.165) is 30.5 Å². The van der Waals surface area contributed by atoms with E-state index < -0.39 is 19.9 Å². The van der Waals surface area contributed by atoms with Gasteiger partial charge in [0.05, 0.1) is 14.7 Å². The standard InChI is InChI=1S/C13H9N3O6S/c17-15(18)11-3-1-10(2-4-11)9-14-23(21,22)13-7-5-12(6-8-13)16(19)20/h1-9H. The molecule has 0 aliphatic heterocycles. The van der Waals surface area contributed by atoms with Gasteiger partial charge in [-0.3, -0.25) is 20.2 Å². The Bertz CT molecular complexity index is 873. The van der Waals surface area contributed by atoms with Crippen molar-refractivity contribution in [2.75, 3.05) is 0 Å². The lowest BCUT2D eigenvalue weighted by molar-refractivity contribution is -0.385. The van der Waals surface area contributed by atoms with Crippen LogP contribution in [-0.4, -0.2) is 24.5 Å². The lowest BCUT2D eigenvalue weighted by Gasteiger charge is -1.98. The third kappa shape index (κ3) is 3.95. The first-order valence-electron chi connectivity index (χ1n) is 6.09. The number of sulfonamides is 1. The molecule has 0 fully saturated rings. The van der Waals surface area contributed by atoms with Crippen molar-refractivity contribution >= 4 is 27.6 Å². The summed E-state index contributed by atoms with van der Waals surface area (Å²) in [5, 5.41) is 21.0. The highest BCUT2D eigenvalue weighted by Gasteiger charge is 2.14. The van der Waals surface area contributed by atoms with E-state index >= 15 is 0 Å². The molecule has 2 aromatic carbocycles. The highest BCUT2D eigenvalue weighted by Crippen LogP contribution is 2.18. The van der Waals surface area contributed by atoms with Crippen molar-refractivity contribution in [1.82, 2.24) is 0 Å². The molecule has 23 heavy (non-hydrogen) atoms. The smallest absolute Gasteiger partial charge is 0.258 e. The van der Waals surface area contributed by atoms with Gasteiger partial charge >= 0.3 is 0 Å². The predicted octanol–water partition coefficient (Wildman–Crippen LogP) is 2.31. The van der Waals surface area contributed by atoms with E-state index in [1.54, 1.807) is 0 Å². The van der Waals surface area contributed by atoms with E-state index in [9.17, 15) is 28.6 Å². The van der Waals surface area contributed by atoms with Crippen LogP contribution in [-0.2, 0) is 10.0 Å². The zero-order valence-electron chi connectivity index (χ0n) is 11.4. The lowest BCUT2D eigenvalue weighted by atomic mass is 10.2. The monoisotopic (exact) mass is 335 g/mol. The van der Waals surface area contributed by atoms with Gasteiger partial charge in [-0.15, -0.1) is 0 Å². The first-order chi connectivity index (χ1) is 10.8. The highest BCUT2D eigenvalue weighted by atomic mass is 32.2.